The molecule has 2 heterocycles. The first-order chi connectivity index (χ1) is 11.1. The second-order valence-corrected chi connectivity index (χ2v) is 6.72. The standard InChI is InChI=1S/C17H15N3O2S/c21-23(22,17-4-2-10-19-13-17)20-11-14-5-7-15(8-6-14)16-3-1-9-18-12-16/h1-10,12-13,20H,11H2. The van der Waals surface area contributed by atoms with Gasteiger partial charge in [-0.15, -0.1) is 0 Å². The van der Waals surface area contributed by atoms with Gasteiger partial charge in [0.05, 0.1) is 0 Å². The molecule has 5 nitrogen and oxygen atoms in total. The zero-order valence-corrected chi connectivity index (χ0v) is 13.1. The Balaban J connectivity index is 1.70. The Morgan fingerprint density at radius 1 is 0.826 bits per heavy atom. The predicted octanol–water partition coefficient (Wildman–Crippen LogP) is 2.62. The molecule has 0 saturated carbocycles. The molecule has 1 aromatic carbocycles. The van der Waals surface area contributed by atoms with Crippen LogP contribution in [0.3, 0.4) is 0 Å². The van der Waals surface area contributed by atoms with E-state index in [1.54, 1.807) is 18.5 Å². The van der Waals surface area contributed by atoms with Gasteiger partial charge in [-0.05, 0) is 34.9 Å². The van der Waals surface area contributed by atoms with E-state index in [0.29, 0.717) is 0 Å². The zero-order chi connectivity index (χ0) is 16.1. The number of hydrogen-bond acceptors (Lipinski definition) is 4. The van der Waals surface area contributed by atoms with Crippen molar-refractivity contribution >= 4 is 10.0 Å². The first-order valence-corrected chi connectivity index (χ1v) is 8.52. The molecule has 3 rings (SSSR count). The fraction of sp³-hybridized carbons (Fsp3) is 0.0588. The van der Waals surface area contributed by atoms with E-state index in [1.165, 1.54) is 18.5 Å². The van der Waals surface area contributed by atoms with Gasteiger partial charge in [0.2, 0.25) is 10.0 Å². The maximum absolute atomic E-state index is 12.1. The van der Waals surface area contributed by atoms with Crippen molar-refractivity contribution < 1.29 is 8.42 Å². The molecule has 1 N–H and O–H groups in total. The summed E-state index contributed by atoms with van der Waals surface area (Å²) in [6.07, 6.45) is 6.38. The van der Waals surface area contributed by atoms with Crippen molar-refractivity contribution in [1.82, 2.24) is 14.7 Å². The molecule has 0 aliphatic rings. The van der Waals surface area contributed by atoms with Gasteiger partial charge in [-0.1, -0.05) is 30.3 Å². The lowest BCUT2D eigenvalue weighted by Crippen LogP contribution is -2.23. The Bertz CT molecular complexity index is 865. The fourth-order valence-corrected chi connectivity index (χ4v) is 3.10. The Kier molecular flexibility index (Phi) is 4.45. The van der Waals surface area contributed by atoms with Crippen molar-refractivity contribution in [3.8, 4) is 11.1 Å². The summed E-state index contributed by atoms with van der Waals surface area (Å²) in [4.78, 5) is 8.07. The first-order valence-electron chi connectivity index (χ1n) is 7.04. The minimum atomic E-state index is -3.54. The average molecular weight is 325 g/mol. The lowest BCUT2D eigenvalue weighted by atomic mass is 10.1. The van der Waals surface area contributed by atoms with Crippen LogP contribution in [0.15, 0.2) is 78.2 Å². The number of nitrogens with one attached hydrogen (secondary N) is 1. The van der Waals surface area contributed by atoms with Gasteiger partial charge < -0.3 is 0 Å². The smallest absolute Gasteiger partial charge is 0.242 e. The lowest BCUT2D eigenvalue weighted by Gasteiger charge is -2.07. The quantitative estimate of drug-likeness (QED) is 0.783. The number of rotatable bonds is 5. The van der Waals surface area contributed by atoms with Crippen molar-refractivity contribution in [2.24, 2.45) is 0 Å². The van der Waals surface area contributed by atoms with E-state index < -0.39 is 10.0 Å². The molecular weight excluding hydrogens is 310 g/mol. The number of hydrogen-bond donors (Lipinski definition) is 1. The third-order valence-electron chi connectivity index (χ3n) is 3.36. The van der Waals surface area contributed by atoms with Crippen LogP contribution in [0.5, 0.6) is 0 Å². The van der Waals surface area contributed by atoms with Crippen LogP contribution in [0.4, 0.5) is 0 Å². The summed E-state index contributed by atoms with van der Waals surface area (Å²) >= 11 is 0. The van der Waals surface area contributed by atoms with Crippen LogP contribution >= 0.6 is 0 Å². The van der Waals surface area contributed by atoms with Gasteiger partial charge in [0.25, 0.3) is 0 Å². The number of nitrogens with zero attached hydrogens (tertiary/aromatic N) is 2. The maximum Gasteiger partial charge on any atom is 0.242 e. The highest BCUT2D eigenvalue weighted by Gasteiger charge is 2.13. The van der Waals surface area contributed by atoms with Crippen LogP contribution in [0.2, 0.25) is 0 Å². The van der Waals surface area contributed by atoms with E-state index in [1.807, 2.05) is 36.4 Å². The summed E-state index contributed by atoms with van der Waals surface area (Å²) in [6.45, 7) is 0.227. The molecule has 0 bridgehead atoms. The van der Waals surface area contributed by atoms with E-state index >= 15 is 0 Å². The molecule has 0 amide bonds. The molecule has 0 aliphatic heterocycles. The minimum absolute atomic E-state index is 0.159. The molecule has 0 atom stereocenters. The number of benzene rings is 1. The van der Waals surface area contributed by atoms with Crippen molar-refractivity contribution in [3.63, 3.8) is 0 Å². The molecule has 0 radical (unpaired) electrons. The molecule has 116 valence electrons. The van der Waals surface area contributed by atoms with Crippen LogP contribution in [0.1, 0.15) is 5.56 Å². The summed E-state index contributed by atoms with van der Waals surface area (Å²) < 4.78 is 26.8. The van der Waals surface area contributed by atoms with Crippen LogP contribution in [0.25, 0.3) is 11.1 Å². The third-order valence-corrected chi connectivity index (χ3v) is 4.75. The summed E-state index contributed by atoms with van der Waals surface area (Å²) in [6, 6.07) is 14.7. The summed E-state index contributed by atoms with van der Waals surface area (Å²) in [5.74, 6) is 0. The number of sulfonamides is 1. The summed E-state index contributed by atoms with van der Waals surface area (Å²) in [7, 11) is -3.54. The van der Waals surface area contributed by atoms with E-state index in [2.05, 4.69) is 14.7 Å². The van der Waals surface area contributed by atoms with Crippen molar-refractivity contribution in [2.45, 2.75) is 11.4 Å². The highest BCUT2D eigenvalue weighted by atomic mass is 32.2. The number of aromatic nitrogens is 2. The Morgan fingerprint density at radius 3 is 2.13 bits per heavy atom. The third kappa shape index (κ3) is 3.80. The highest BCUT2D eigenvalue weighted by molar-refractivity contribution is 7.89. The second-order valence-electron chi connectivity index (χ2n) is 4.95. The zero-order valence-electron chi connectivity index (χ0n) is 12.3. The predicted molar refractivity (Wildman–Crippen MR) is 87.9 cm³/mol. The van der Waals surface area contributed by atoms with Gasteiger partial charge in [-0.3, -0.25) is 9.97 Å². The van der Waals surface area contributed by atoms with Gasteiger partial charge >= 0.3 is 0 Å². The SMILES string of the molecule is O=S(=O)(NCc1ccc(-c2cccnc2)cc1)c1cccnc1. The Labute approximate surface area is 135 Å². The topological polar surface area (TPSA) is 72.0 Å². The van der Waals surface area contributed by atoms with Crippen molar-refractivity contribution in [1.29, 1.82) is 0 Å². The molecule has 0 fully saturated rings. The molecule has 3 aromatic rings. The molecule has 0 aliphatic carbocycles. The summed E-state index contributed by atoms with van der Waals surface area (Å²) in [5, 5.41) is 0. The van der Waals surface area contributed by atoms with Crippen LogP contribution in [-0.2, 0) is 16.6 Å². The summed E-state index contributed by atoms with van der Waals surface area (Å²) in [5.41, 5.74) is 2.94. The van der Waals surface area contributed by atoms with E-state index in [0.717, 1.165) is 16.7 Å². The molecule has 23 heavy (non-hydrogen) atoms. The van der Waals surface area contributed by atoms with Crippen molar-refractivity contribution in [3.05, 3.63) is 78.9 Å². The Hall–Kier alpha value is -2.57. The largest absolute Gasteiger partial charge is 0.264 e. The van der Waals surface area contributed by atoms with E-state index in [4.69, 9.17) is 0 Å². The highest BCUT2D eigenvalue weighted by Crippen LogP contribution is 2.18. The van der Waals surface area contributed by atoms with E-state index in [-0.39, 0.29) is 11.4 Å². The minimum Gasteiger partial charge on any atom is -0.264 e. The molecule has 0 spiro atoms. The monoisotopic (exact) mass is 325 g/mol. The Morgan fingerprint density at radius 2 is 1.52 bits per heavy atom. The normalized spacial score (nSPS) is 11.3. The van der Waals surface area contributed by atoms with Crippen LogP contribution in [-0.4, -0.2) is 18.4 Å². The average Bonchev–Trinajstić information content (AvgIpc) is 2.62. The van der Waals surface area contributed by atoms with Gasteiger partial charge in [0.1, 0.15) is 4.90 Å². The lowest BCUT2D eigenvalue weighted by molar-refractivity contribution is 0.581. The molecule has 6 heteroatoms. The number of pyridine rings is 2. The molecule has 0 saturated heterocycles. The van der Waals surface area contributed by atoms with Gasteiger partial charge in [-0.25, -0.2) is 13.1 Å². The van der Waals surface area contributed by atoms with E-state index in [9.17, 15) is 8.42 Å². The van der Waals surface area contributed by atoms with Gasteiger partial charge in [0, 0.05) is 31.3 Å². The molecule has 2 aromatic heterocycles. The van der Waals surface area contributed by atoms with Crippen LogP contribution < -0.4 is 4.72 Å². The first kappa shape index (κ1) is 15.3. The van der Waals surface area contributed by atoms with Gasteiger partial charge in [0.15, 0.2) is 0 Å². The molecular formula is C17H15N3O2S. The second kappa shape index (κ2) is 6.68. The van der Waals surface area contributed by atoms with Crippen LogP contribution in [0, 0.1) is 0 Å². The fourth-order valence-electron chi connectivity index (χ4n) is 2.12. The van der Waals surface area contributed by atoms with Gasteiger partial charge in [-0.2, -0.15) is 0 Å². The molecule has 0 unspecified atom stereocenters. The van der Waals surface area contributed by atoms with Crippen molar-refractivity contribution in [2.75, 3.05) is 0 Å². The maximum atomic E-state index is 12.1.